The van der Waals surface area contributed by atoms with Crippen LogP contribution in [0.1, 0.15) is 36.6 Å². The van der Waals surface area contributed by atoms with E-state index < -0.39 is 22.2 Å². The molecule has 33 heavy (non-hydrogen) atoms. The minimum absolute atomic E-state index is 0.154. The molecule has 0 fully saturated rings. The van der Waals surface area contributed by atoms with Crippen LogP contribution in [0.3, 0.4) is 0 Å². The van der Waals surface area contributed by atoms with Gasteiger partial charge in [0.15, 0.2) is 5.84 Å². The second kappa shape index (κ2) is 10.8. The molecule has 1 aromatic carbocycles. The van der Waals surface area contributed by atoms with E-state index in [-0.39, 0.29) is 5.84 Å². The summed E-state index contributed by atoms with van der Waals surface area (Å²) in [4.78, 5) is 17.5. The minimum atomic E-state index is -4.28. The van der Waals surface area contributed by atoms with Gasteiger partial charge in [-0.15, -0.1) is 0 Å². The van der Waals surface area contributed by atoms with Crippen LogP contribution in [0.5, 0.6) is 0 Å². The SMILES string of the molecule is C=C(\C=C/C(=C\C)C(/N)=N\OC)NC(C(=O)NS(N)(=O)=O)c1cc(CC)c2occ(C)c2c1. The lowest BCUT2D eigenvalue weighted by Gasteiger charge is -2.20. The van der Waals surface area contributed by atoms with Gasteiger partial charge in [-0.2, -0.15) is 8.42 Å². The number of furan rings is 1. The molecular formula is C22H29N5O5S. The Morgan fingerprint density at radius 1 is 1.36 bits per heavy atom. The summed E-state index contributed by atoms with van der Waals surface area (Å²) in [6.45, 7) is 9.51. The molecule has 0 spiro atoms. The third-order valence-corrected chi connectivity index (χ3v) is 5.26. The molecule has 10 nitrogen and oxygen atoms in total. The van der Waals surface area contributed by atoms with E-state index in [9.17, 15) is 13.2 Å². The van der Waals surface area contributed by atoms with Crippen LogP contribution in [-0.2, 0) is 26.3 Å². The lowest BCUT2D eigenvalue weighted by molar-refractivity contribution is -0.121. The molecule has 1 atom stereocenters. The number of allylic oxidation sites excluding steroid dienone is 2. The first-order chi connectivity index (χ1) is 15.5. The lowest BCUT2D eigenvalue weighted by Crippen LogP contribution is -2.43. The zero-order chi connectivity index (χ0) is 24.8. The quantitative estimate of drug-likeness (QED) is 0.177. The van der Waals surface area contributed by atoms with Crippen LogP contribution in [0.15, 0.2) is 64.0 Å². The van der Waals surface area contributed by atoms with E-state index in [4.69, 9.17) is 15.3 Å². The van der Waals surface area contributed by atoms with E-state index in [0.717, 1.165) is 16.5 Å². The van der Waals surface area contributed by atoms with E-state index >= 15 is 0 Å². The number of carbonyl (C=O) groups excluding carboxylic acids is 1. The number of nitrogens with two attached hydrogens (primary N) is 2. The Hall–Kier alpha value is -3.57. The van der Waals surface area contributed by atoms with Gasteiger partial charge in [0, 0.05) is 16.7 Å². The van der Waals surface area contributed by atoms with E-state index in [2.05, 4.69) is 21.9 Å². The van der Waals surface area contributed by atoms with Gasteiger partial charge in [0.2, 0.25) is 0 Å². The Morgan fingerprint density at radius 3 is 2.64 bits per heavy atom. The van der Waals surface area contributed by atoms with Crippen molar-refractivity contribution in [3.05, 3.63) is 71.2 Å². The monoisotopic (exact) mass is 475 g/mol. The van der Waals surface area contributed by atoms with Crippen LogP contribution in [0.25, 0.3) is 11.0 Å². The molecule has 0 aliphatic rings. The number of nitrogens with zero attached hydrogens (tertiary/aromatic N) is 1. The van der Waals surface area contributed by atoms with Crippen LogP contribution in [0.4, 0.5) is 0 Å². The van der Waals surface area contributed by atoms with Gasteiger partial charge in [0.1, 0.15) is 18.7 Å². The number of hydrogen-bond acceptors (Lipinski definition) is 7. The van der Waals surface area contributed by atoms with Gasteiger partial charge < -0.3 is 20.3 Å². The number of amidine groups is 1. The minimum Gasteiger partial charge on any atom is -0.464 e. The van der Waals surface area contributed by atoms with Crippen molar-refractivity contribution in [2.75, 3.05) is 7.11 Å². The highest BCUT2D eigenvalue weighted by Crippen LogP contribution is 2.29. The Balaban J connectivity index is 2.46. The number of fused-ring (bicyclic) bond motifs is 1. The zero-order valence-corrected chi connectivity index (χ0v) is 19.8. The largest absolute Gasteiger partial charge is 0.464 e. The fraction of sp³-hybridized carbons (Fsp3) is 0.273. The Kier molecular flexibility index (Phi) is 8.44. The topological polar surface area (TPSA) is 162 Å². The fourth-order valence-electron chi connectivity index (χ4n) is 3.19. The number of carbonyl (C=O) groups is 1. The van der Waals surface area contributed by atoms with Gasteiger partial charge in [0.25, 0.3) is 16.1 Å². The molecule has 1 heterocycles. The molecule has 178 valence electrons. The summed E-state index contributed by atoms with van der Waals surface area (Å²) >= 11 is 0. The number of nitrogens with one attached hydrogen (secondary N) is 2. The zero-order valence-electron chi connectivity index (χ0n) is 19.0. The predicted octanol–water partition coefficient (Wildman–Crippen LogP) is 2.19. The summed E-state index contributed by atoms with van der Waals surface area (Å²) in [6, 6.07) is 2.44. The van der Waals surface area contributed by atoms with Crippen LogP contribution >= 0.6 is 0 Å². The van der Waals surface area contributed by atoms with E-state index in [0.29, 0.717) is 28.8 Å². The predicted molar refractivity (Wildman–Crippen MR) is 128 cm³/mol. The second-order valence-electron chi connectivity index (χ2n) is 7.18. The van der Waals surface area contributed by atoms with Gasteiger partial charge in [-0.25, -0.2) is 9.86 Å². The van der Waals surface area contributed by atoms with Crippen molar-refractivity contribution >= 4 is 32.9 Å². The van der Waals surface area contributed by atoms with Gasteiger partial charge in [0.05, 0.1) is 6.26 Å². The van der Waals surface area contributed by atoms with Gasteiger partial charge in [-0.1, -0.05) is 24.7 Å². The van der Waals surface area contributed by atoms with Crippen molar-refractivity contribution in [2.45, 2.75) is 33.2 Å². The maximum absolute atomic E-state index is 12.9. The third-order valence-electron chi connectivity index (χ3n) is 4.78. The molecule has 0 saturated heterocycles. The van der Waals surface area contributed by atoms with Gasteiger partial charge in [-0.3, -0.25) is 4.79 Å². The number of oxime groups is 1. The number of rotatable bonds is 10. The van der Waals surface area contributed by atoms with Crippen molar-refractivity contribution in [1.29, 1.82) is 0 Å². The Labute approximate surface area is 193 Å². The van der Waals surface area contributed by atoms with E-state index in [1.165, 1.54) is 7.11 Å². The van der Waals surface area contributed by atoms with E-state index in [1.807, 2.05) is 18.6 Å². The second-order valence-corrected chi connectivity index (χ2v) is 8.47. The standard InChI is InChI=1S/C22H29N5O5S/c1-6-15(21(23)26-31-5)9-8-14(4)25-19(22(28)27-33(24,29)30)17-10-16(7-2)20-18(11-17)13(3)12-32-20/h6,8-12,19,25H,4,7H2,1-3,5H3,(H2,23,26)(H,27,28)(H2,24,29,30)/b9-8-,15-6+. The van der Waals surface area contributed by atoms with Gasteiger partial charge in [-0.05, 0) is 61.2 Å². The molecule has 0 saturated carbocycles. The summed E-state index contributed by atoms with van der Waals surface area (Å²) in [6.07, 6.45) is 7.20. The molecule has 2 aromatic rings. The molecular weight excluding hydrogens is 446 g/mol. The molecule has 6 N–H and O–H groups in total. The first-order valence-electron chi connectivity index (χ1n) is 10.0. The smallest absolute Gasteiger partial charge is 0.298 e. The van der Waals surface area contributed by atoms with Crippen molar-refractivity contribution in [3.8, 4) is 0 Å². The van der Waals surface area contributed by atoms with Crippen molar-refractivity contribution in [2.24, 2.45) is 16.0 Å². The average Bonchev–Trinajstić information content (AvgIpc) is 3.11. The van der Waals surface area contributed by atoms with Crippen LogP contribution in [-0.4, -0.2) is 27.3 Å². The molecule has 0 aliphatic heterocycles. The summed E-state index contributed by atoms with van der Waals surface area (Å²) in [5, 5.41) is 12.5. The Bertz CT molecular complexity index is 1240. The molecule has 0 aliphatic carbocycles. The first-order valence-corrected chi connectivity index (χ1v) is 11.6. The lowest BCUT2D eigenvalue weighted by atomic mass is 9.98. The molecule has 0 bridgehead atoms. The van der Waals surface area contributed by atoms with Gasteiger partial charge >= 0.3 is 0 Å². The highest BCUT2D eigenvalue weighted by atomic mass is 32.2. The number of amides is 1. The third kappa shape index (κ3) is 6.70. The molecule has 1 amide bonds. The van der Waals surface area contributed by atoms with Crippen molar-refractivity contribution in [3.63, 3.8) is 0 Å². The maximum atomic E-state index is 12.9. The fourth-order valence-corrected chi connectivity index (χ4v) is 3.59. The first kappa shape index (κ1) is 25.7. The average molecular weight is 476 g/mol. The maximum Gasteiger partial charge on any atom is 0.298 e. The van der Waals surface area contributed by atoms with Crippen molar-refractivity contribution < 1.29 is 22.5 Å². The number of benzene rings is 1. The highest BCUT2D eigenvalue weighted by Gasteiger charge is 2.25. The summed E-state index contributed by atoms with van der Waals surface area (Å²) in [5.41, 5.74) is 9.69. The molecule has 0 radical (unpaired) electrons. The number of aryl methyl sites for hydroxylation is 2. The summed E-state index contributed by atoms with van der Waals surface area (Å²) < 4.78 is 30.5. The molecule has 11 heteroatoms. The molecule has 2 rings (SSSR count). The Morgan fingerprint density at radius 2 is 2.06 bits per heavy atom. The van der Waals surface area contributed by atoms with Crippen LogP contribution in [0.2, 0.25) is 0 Å². The highest BCUT2D eigenvalue weighted by molar-refractivity contribution is 7.87. The number of hydrogen-bond donors (Lipinski definition) is 4. The summed E-state index contributed by atoms with van der Waals surface area (Å²) in [5.74, 6) is -0.706. The normalized spacial score (nSPS) is 13.8. The summed E-state index contributed by atoms with van der Waals surface area (Å²) in [7, 11) is -2.90. The van der Waals surface area contributed by atoms with Crippen LogP contribution < -0.4 is 20.9 Å². The molecule has 1 unspecified atom stereocenters. The molecule has 1 aromatic heterocycles. The van der Waals surface area contributed by atoms with E-state index in [1.54, 1.807) is 43.5 Å². The van der Waals surface area contributed by atoms with Crippen molar-refractivity contribution in [1.82, 2.24) is 10.0 Å². The van der Waals surface area contributed by atoms with Crippen LogP contribution in [0, 0.1) is 6.92 Å².